The number of nitro benzene ring substituents is 2. The molecule has 0 aliphatic rings. The highest BCUT2D eigenvalue weighted by atomic mass is 16.6. The van der Waals surface area contributed by atoms with Crippen LogP contribution in [0.1, 0.15) is 5.56 Å². The first-order chi connectivity index (χ1) is 7.43. The van der Waals surface area contributed by atoms with Gasteiger partial charge < -0.3 is 5.11 Å². The molecule has 0 saturated carbocycles. The van der Waals surface area contributed by atoms with Crippen LogP contribution in [-0.4, -0.2) is 15.0 Å². The third-order valence-corrected chi connectivity index (χ3v) is 1.67. The van der Waals surface area contributed by atoms with Crippen molar-refractivity contribution < 1.29 is 15.0 Å². The smallest absolute Gasteiger partial charge is 0.317 e. The molecule has 1 N–H and O–H groups in total. The fraction of sp³-hybridized carbons (Fsp3) is 0.111. The second-order valence-electron chi connectivity index (χ2n) is 2.64. The Labute approximate surface area is 90.9 Å². The predicted molar refractivity (Wildman–Crippen MR) is 57.4 cm³/mol. The molecule has 1 rings (SSSR count). The number of phenols is 1. The molecule has 0 aliphatic heterocycles. The molecule has 0 spiro atoms. The Balaban J connectivity index is 0.00000106. The number of aryl methyl sites for hydroxylation is 1. The van der Waals surface area contributed by atoms with Gasteiger partial charge in [0.15, 0.2) is 5.75 Å². The highest BCUT2D eigenvalue weighted by Crippen LogP contribution is 2.33. The van der Waals surface area contributed by atoms with E-state index in [9.17, 15) is 25.3 Å². The molecule has 0 aliphatic carbocycles. The van der Waals surface area contributed by atoms with Crippen LogP contribution in [0.5, 0.6) is 5.75 Å². The number of nitro groups is 2. The van der Waals surface area contributed by atoms with E-state index < -0.39 is 27.0 Å². The molecule has 1 aromatic rings. The van der Waals surface area contributed by atoms with Gasteiger partial charge in [0.25, 0.3) is 5.69 Å². The molecule has 16 heavy (non-hydrogen) atoms. The van der Waals surface area contributed by atoms with E-state index in [1.165, 1.54) is 6.92 Å². The number of hydrogen-bond donors (Lipinski definition) is 1. The number of phenolic OH excluding ortho intramolecular Hbond substituents is 1. The fourth-order valence-corrected chi connectivity index (χ4v) is 0.987. The summed E-state index contributed by atoms with van der Waals surface area (Å²) >= 11 is 0. The first-order valence-electron chi connectivity index (χ1n) is 4.06. The van der Waals surface area contributed by atoms with Gasteiger partial charge in [0, 0.05) is 11.6 Å². The Hall–Kier alpha value is -2.44. The molecule has 0 radical (unpaired) electrons. The molecule has 0 atom stereocenters. The zero-order valence-electron chi connectivity index (χ0n) is 8.54. The van der Waals surface area contributed by atoms with Crippen molar-refractivity contribution in [2.45, 2.75) is 6.92 Å². The Morgan fingerprint density at radius 1 is 1.19 bits per heavy atom. The maximum absolute atomic E-state index is 10.4. The van der Waals surface area contributed by atoms with E-state index in [4.69, 9.17) is 0 Å². The molecule has 0 aromatic heterocycles. The summed E-state index contributed by atoms with van der Waals surface area (Å²) < 4.78 is 0. The van der Waals surface area contributed by atoms with E-state index >= 15 is 0 Å². The predicted octanol–water partition coefficient (Wildman–Crippen LogP) is 2.32. The third kappa shape index (κ3) is 2.77. The number of nitrogens with zero attached hydrogens (tertiary/aromatic N) is 2. The molecule has 86 valence electrons. The lowest BCUT2D eigenvalue weighted by atomic mass is 10.1. The number of hydrogen-bond acceptors (Lipinski definition) is 5. The van der Waals surface area contributed by atoms with Gasteiger partial charge in [-0.3, -0.25) is 20.2 Å². The van der Waals surface area contributed by atoms with Gasteiger partial charge in [0.2, 0.25) is 0 Å². The van der Waals surface area contributed by atoms with Crippen molar-refractivity contribution in [1.29, 1.82) is 0 Å². The van der Waals surface area contributed by atoms with E-state index in [-0.39, 0.29) is 5.56 Å². The lowest BCUT2D eigenvalue weighted by Gasteiger charge is -1.99. The normalized spacial score (nSPS) is 8.81. The minimum Gasteiger partial charge on any atom is -0.502 e. The lowest BCUT2D eigenvalue weighted by Crippen LogP contribution is -1.94. The Morgan fingerprint density at radius 3 is 2.06 bits per heavy atom. The van der Waals surface area contributed by atoms with Crippen molar-refractivity contribution in [2.75, 3.05) is 0 Å². The molecule has 0 amide bonds. The molecule has 7 heteroatoms. The van der Waals surface area contributed by atoms with Gasteiger partial charge >= 0.3 is 5.69 Å². The maximum Gasteiger partial charge on any atom is 0.317 e. The van der Waals surface area contributed by atoms with Gasteiger partial charge in [0.1, 0.15) is 0 Å². The van der Waals surface area contributed by atoms with Crippen molar-refractivity contribution in [3.05, 3.63) is 51.1 Å². The highest BCUT2D eigenvalue weighted by Gasteiger charge is 2.21. The zero-order chi connectivity index (χ0) is 12.9. The maximum atomic E-state index is 10.4. The van der Waals surface area contributed by atoms with Crippen LogP contribution < -0.4 is 0 Å². The van der Waals surface area contributed by atoms with E-state index in [0.29, 0.717) is 0 Å². The first-order valence-corrected chi connectivity index (χ1v) is 4.06. The standard InChI is InChI=1S/C7H6N2O5.C2H4/c1-4-2-5(8(11)12)3-6(7(4)10)9(13)14;1-2/h2-3,10H,1H3;1-2H2. The Bertz CT molecular complexity index is 430. The first kappa shape index (κ1) is 13.6. The summed E-state index contributed by atoms with van der Waals surface area (Å²) in [5.74, 6) is -0.541. The van der Waals surface area contributed by atoms with Crippen molar-refractivity contribution in [3.8, 4) is 5.75 Å². The summed E-state index contributed by atoms with van der Waals surface area (Å²) in [7, 11) is 0. The van der Waals surface area contributed by atoms with Gasteiger partial charge in [-0.1, -0.05) is 0 Å². The van der Waals surface area contributed by atoms with Gasteiger partial charge in [-0.15, -0.1) is 13.2 Å². The summed E-state index contributed by atoms with van der Waals surface area (Å²) in [6.45, 7) is 7.36. The van der Waals surface area contributed by atoms with Crippen molar-refractivity contribution in [3.63, 3.8) is 0 Å². The van der Waals surface area contributed by atoms with Crippen LogP contribution >= 0.6 is 0 Å². The van der Waals surface area contributed by atoms with Crippen LogP contribution in [0.15, 0.2) is 25.3 Å². The molecular weight excluding hydrogens is 216 g/mol. The molecule has 0 unspecified atom stereocenters. The van der Waals surface area contributed by atoms with Crippen LogP contribution in [0.3, 0.4) is 0 Å². The molecule has 7 nitrogen and oxygen atoms in total. The SMILES string of the molecule is C=C.Cc1cc([N+](=O)[O-])cc([N+](=O)[O-])c1O. The average molecular weight is 226 g/mol. The van der Waals surface area contributed by atoms with E-state index in [0.717, 1.165) is 12.1 Å². The number of non-ortho nitro benzene ring substituents is 1. The van der Waals surface area contributed by atoms with E-state index in [1.807, 2.05) is 0 Å². The summed E-state index contributed by atoms with van der Waals surface area (Å²) in [5, 5.41) is 29.9. The minimum atomic E-state index is -0.866. The molecule has 0 saturated heterocycles. The molecule has 1 aromatic carbocycles. The molecule has 0 heterocycles. The van der Waals surface area contributed by atoms with E-state index in [1.54, 1.807) is 0 Å². The number of benzene rings is 1. The third-order valence-electron chi connectivity index (χ3n) is 1.67. The Morgan fingerprint density at radius 2 is 1.69 bits per heavy atom. The van der Waals surface area contributed by atoms with Crippen LogP contribution in [-0.2, 0) is 0 Å². The molecule has 0 fully saturated rings. The largest absolute Gasteiger partial charge is 0.502 e. The highest BCUT2D eigenvalue weighted by molar-refractivity contribution is 5.57. The topological polar surface area (TPSA) is 107 Å². The summed E-state index contributed by atoms with van der Waals surface area (Å²) in [4.78, 5) is 19.1. The zero-order valence-corrected chi connectivity index (χ0v) is 8.54. The van der Waals surface area contributed by atoms with Crippen LogP contribution in [0.2, 0.25) is 0 Å². The van der Waals surface area contributed by atoms with Crippen molar-refractivity contribution in [2.24, 2.45) is 0 Å². The van der Waals surface area contributed by atoms with Gasteiger partial charge in [-0.25, -0.2) is 0 Å². The lowest BCUT2D eigenvalue weighted by molar-refractivity contribution is -0.394. The summed E-state index contributed by atoms with van der Waals surface area (Å²) in [6.07, 6.45) is 0. The summed E-state index contributed by atoms with van der Waals surface area (Å²) in [5.41, 5.74) is -0.963. The van der Waals surface area contributed by atoms with Crippen LogP contribution in [0, 0.1) is 27.2 Å². The molecular formula is C9H10N2O5. The van der Waals surface area contributed by atoms with Gasteiger partial charge in [0.05, 0.1) is 15.9 Å². The Kier molecular flexibility index (Phi) is 4.61. The van der Waals surface area contributed by atoms with Crippen LogP contribution in [0.25, 0.3) is 0 Å². The van der Waals surface area contributed by atoms with Crippen molar-refractivity contribution in [1.82, 2.24) is 0 Å². The molecule has 0 bridgehead atoms. The average Bonchev–Trinajstić information content (AvgIpc) is 2.24. The second kappa shape index (κ2) is 5.44. The van der Waals surface area contributed by atoms with Gasteiger partial charge in [-0.2, -0.15) is 0 Å². The number of aromatic hydroxyl groups is 1. The van der Waals surface area contributed by atoms with Gasteiger partial charge in [-0.05, 0) is 6.92 Å². The monoisotopic (exact) mass is 226 g/mol. The summed E-state index contributed by atoms with van der Waals surface area (Å²) in [6, 6.07) is 1.80. The second-order valence-corrected chi connectivity index (χ2v) is 2.64. The minimum absolute atomic E-state index is 0.103. The van der Waals surface area contributed by atoms with Crippen LogP contribution in [0.4, 0.5) is 11.4 Å². The van der Waals surface area contributed by atoms with Crippen molar-refractivity contribution >= 4 is 11.4 Å². The quantitative estimate of drug-likeness (QED) is 0.473. The van der Waals surface area contributed by atoms with E-state index in [2.05, 4.69) is 13.2 Å². The fourth-order valence-electron chi connectivity index (χ4n) is 0.987. The number of rotatable bonds is 2.